The number of alkyl halides is 3. The summed E-state index contributed by atoms with van der Waals surface area (Å²) in [6.07, 6.45) is -6.21. The van der Waals surface area contributed by atoms with Gasteiger partial charge in [0.2, 0.25) is 6.10 Å². The summed E-state index contributed by atoms with van der Waals surface area (Å²) in [7, 11) is 0. The number of carboxylic acids is 1. The molecule has 1 heterocycles. The van der Waals surface area contributed by atoms with E-state index in [1.54, 1.807) is 6.92 Å². The number of hydrogen-bond acceptors (Lipinski definition) is 3. The molecule has 0 aromatic heterocycles. The molecule has 1 aromatic carbocycles. The van der Waals surface area contributed by atoms with Gasteiger partial charge in [-0.15, -0.1) is 0 Å². The maximum Gasteiger partial charge on any atom is 0.430 e. The zero-order valence-corrected chi connectivity index (χ0v) is 10.2. The molecule has 0 spiro atoms. The van der Waals surface area contributed by atoms with Gasteiger partial charge < -0.3 is 9.84 Å². The SMILES string of the molecule is Cc1cc(C=O)c2c(c1)C=C(C(=O)O)C(C(F)(F)F)O2. The van der Waals surface area contributed by atoms with Crippen LogP contribution in [-0.2, 0) is 4.79 Å². The van der Waals surface area contributed by atoms with Crippen LogP contribution in [0.5, 0.6) is 5.75 Å². The first-order valence-electron chi connectivity index (χ1n) is 5.52. The summed E-state index contributed by atoms with van der Waals surface area (Å²) in [6, 6.07) is 2.83. The maximum atomic E-state index is 12.8. The number of halogens is 3. The molecule has 0 fully saturated rings. The van der Waals surface area contributed by atoms with E-state index in [1.807, 2.05) is 0 Å². The van der Waals surface area contributed by atoms with E-state index in [-0.39, 0.29) is 16.9 Å². The summed E-state index contributed by atoms with van der Waals surface area (Å²) in [5.41, 5.74) is -0.201. The molecule has 0 saturated heterocycles. The Bertz CT molecular complexity index is 617. The lowest BCUT2D eigenvalue weighted by molar-refractivity contribution is -0.187. The van der Waals surface area contributed by atoms with Crippen LogP contribution in [-0.4, -0.2) is 29.6 Å². The highest BCUT2D eigenvalue weighted by Gasteiger charge is 2.48. The highest BCUT2D eigenvalue weighted by molar-refractivity contribution is 5.96. The Balaban J connectivity index is 2.65. The van der Waals surface area contributed by atoms with Crippen molar-refractivity contribution in [2.45, 2.75) is 19.2 Å². The topological polar surface area (TPSA) is 63.6 Å². The van der Waals surface area contributed by atoms with Crippen molar-refractivity contribution in [1.29, 1.82) is 0 Å². The first kappa shape index (κ1) is 14.1. The van der Waals surface area contributed by atoms with Crippen molar-refractivity contribution in [2.75, 3.05) is 0 Å². The number of aliphatic carboxylic acids is 1. The molecule has 1 aliphatic heterocycles. The molecule has 106 valence electrons. The maximum absolute atomic E-state index is 12.8. The van der Waals surface area contributed by atoms with Gasteiger partial charge in [0.05, 0.1) is 11.1 Å². The highest BCUT2D eigenvalue weighted by atomic mass is 19.4. The Kier molecular flexibility index (Phi) is 3.29. The van der Waals surface area contributed by atoms with Crippen LogP contribution >= 0.6 is 0 Å². The van der Waals surface area contributed by atoms with Gasteiger partial charge in [0.1, 0.15) is 5.75 Å². The second kappa shape index (κ2) is 4.66. The van der Waals surface area contributed by atoms with Gasteiger partial charge in [-0.3, -0.25) is 4.79 Å². The zero-order chi connectivity index (χ0) is 15.1. The van der Waals surface area contributed by atoms with Crippen molar-refractivity contribution in [3.05, 3.63) is 34.4 Å². The Labute approximate surface area is 111 Å². The van der Waals surface area contributed by atoms with Gasteiger partial charge in [-0.2, -0.15) is 13.2 Å². The van der Waals surface area contributed by atoms with Crippen LogP contribution in [0.25, 0.3) is 6.08 Å². The van der Waals surface area contributed by atoms with Gasteiger partial charge in [0.15, 0.2) is 6.29 Å². The Hall–Kier alpha value is -2.31. The highest BCUT2D eigenvalue weighted by Crippen LogP contribution is 2.39. The van der Waals surface area contributed by atoms with Crippen LogP contribution in [0.4, 0.5) is 13.2 Å². The Morgan fingerprint density at radius 1 is 1.40 bits per heavy atom. The first-order valence-corrected chi connectivity index (χ1v) is 5.52. The largest absolute Gasteiger partial charge is 0.478 e. The minimum atomic E-state index is -4.88. The molecule has 0 amide bonds. The number of carbonyl (C=O) groups is 2. The third-order valence-corrected chi connectivity index (χ3v) is 2.79. The molecule has 0 aliphatic carbocycles. The molecule has 1 aliphatic rings. The molecule has 2 rings (SSSR count). The average Bonchev–Trinajstić information content (AvgIpc) is 2.34. The van der Waals surface area contributed by atoms with E-state index >= 15 is 0 Å². The number of rotatable bonds is 2. The second-order valence-corrected chi connectivity index (χ2v) is 4.33. The molecule has 1 aromatic rings. The number of hydrogen-bond donors (Lipinski definition) is 1. The molecule has 0 radical (unpaired) electrons. The molecular formula is C13H9F3O4. The summed E-state index contributed by atoms with van der Waals surface area (Å²) in [4.78, 5) is 21.8. The monoisotopic (exact) mass is 286 g/mol. The van der Waals surface area contributed by atoms with E-state index in [0.29, 0.717) is 11.8 Å². The standard InChI is InChI=1S/C13H9F3O4/c1-6-2-7-4-9(12(18)19)11(13(14,15)16)20-10(7)8(3-6)5-17/h2-5,11H,1H3,(H,18,19). The van der Waals surface area contributed by atoms with Crippen molar-refractivity contribution < 1.29 is 32.6 Å². The van der Waals surface area contributed by atoms with Crippen LogP contribution in [0.2, 0.25) is 0 Å². The summed E-state index contributed by atoms with van der Waals surface area (Å²) < 4.78 is 43.3. The van der Waals surface area contributed by atoms with Gasteiger partial charge in [0.25, 0.3) is 0 Å². The Morgan fingerprint density at radius 2 is 2.05 bits per heavy atom. The van der Waals surface area contributed by atoms with Crippen LogP contribution < -0.4 is 4.74 Å². The van der Waals surface area contributed by atoms with Gasteiger partial charge in [-0.25, -0.2) is 4.79 Å². The number of carbonyl (C=O) groups excluding carboxylic acids is 1. The minimum absolute atomic E-state index is 0.0464. The Morgan fingerprint density at radius 3 is 2.55 bits per heavy atom. The minimum Gasteiger partial charge on any atom is -0.478 e. The molecule has 1 atom stereocenters. The van der Waals surface area contributed by atoms with E-state index in [9.17, 15) is 22.8 Å². The zero-order valence-electron chi connectivity index (χ0n) is 10.2. The van der Waals surface area contributed by atoms with E-state index in [4.69, 9.17) is 9.84 Å². The molecule has 1 N–H and O–H groups in total. The van der Waals surface area contributed by atoms with Gasteiger partial charge in [0, 0.05) is 5.56 Å². The third-order valence-electron chi connectivity index (χ3n) is 2.79. The van der Waals surface area contributed by atoms with Crippen molar-refractivity contribution >= 4 is 18.3 Å². The molecular weight excluding hydrogens is 277 g/mol. The average molecular weight is 286 g/mol. The molecule has 7 heteroatoms. The van der Waals surface area contributed by atoms with Gasteiger partial charge >= 0.3 is 12.1 Å². The number of aryl methyl sites for hydroxylation is 1. The quantitative estimate of drug-likeness (QED) is 0.849. The predicted octanol–water partition coefficient (Wildman–Crippen LogP) is 2.60. The lowest BCUT2D eigenvalue weighted by atomic mass is 9.97. The van der Waals surface area contributed by atoms with Crippen molar-refractivity contribution in [3.63, 3.8) is 0 Å². The fourth-order valence-corrected chi connectivity index (χ4v) is 2.00. The normalized spacial score (nSPS) is 17.8. The third kappa shape index (κ3) is 2.38. The molecule has 4 nitrogen and oxygen atoms in total. The summed E-state index contributed by atoms with van der Waals surface area (Å²) >= 11 is 0. The molecule has 1 unspecified atom stereocenters. The fourth-order valence-electron chi connectivity index (χ4n) is 2.00. The van der Waals surface area contributed by atoms with E-state index in [1.165, 1.54) is 12.1 Å². The smallest absolute Gasteiger partial charge is 0.430 e. The van der Waals surface area contributed by atoms with Crippen LogP contribution in [0.3, 0.4) is 0 Å². The van der Waals surface area contributed by atoms with Crippen LogP contribution in [0.1, 0.15) is 21.5 Å². The fraction of sp³-hybridized carbons (Fsp3) is 0.231. The number of benzene rings is 1. The lowest BCUT2D eigenvalue weighted by Crippen LogP contribution is -2.40. The second-order valence-electron chi connectivity index (χ2n) is 4.33. The summed E-state index contributed by atoms with van der Waals surface area (Å²) in [5.74, 6) is -1.97. The number of ether oxygens (including phenoxy) is 1. The van der Waals surface area contributed by atoms with Crippen LogP contribution in [0, 0.1) is 6.92 Å². The molecule has 20 heavy (non-hydrogen) atoms. The molecule has 0 saturated carbocycles. The first-order chi connectivity index (χ1) is 9.24. The van der Waals surface area contributed by atoms with Crippen LogP contribution in [0.15, 0.2) is 17.7 Å². The van der Waals surface area contributed by atoms with Crippen molar-refractivity contribution in [2.24, 2.45) is 0 Å². The van der Waals surface area contributed by atoms with E-state index < -0.39 is 23.8 Å². The molecule has 0 bridgehead atoms. The summed E-state index contributed by atoms with van der Waals surface area (Å²) in [5, 5.41) is 8.88. The summed E-state index contributed by atoms with van der Waals surface area (Å²) in [6.45, 7) is 1.64. The van der Waals surface area contributed by atoms with Gasteiger partial charge in [-0.05, 0) is 30.7 Å². The number of fused-ring (bicyclic) bond motifs is 1. The number of aldehydes is 1. The van der Waals surface area contributed by atoms with Crippen molar-refractivity contribution in [1.82, 2.24) is 0 Å². The predicted molar refractivity (Wildman–Crippen MR) is 62.7 cm³/mol. The van der Waals surface area contributed by atoms with Gasteiger partial charge in [-0.1, -0.05) is 0 Å². The van der Waals surface area contributed by atoms with E-state index in [2.05, 4.69) is 0 Å². The van der Waals surface area contributed by atoms with E-state index in [0.717, 1.165) is 6.08 Å². The lowest BCUT2D eigenvalue weighted by Gasteiger charge is -2.28. The van der Waals surface area contributed by atoms with Crippen molar-refractivity contribution in [3.8, 4) is 5.75 Å². The number of carboxylic acid groups (broad SMARTS) is 1.